The van der Waals surface area contributed by atoms with Crippen LogP contribution in [0.3, 0.4) is 0 Å². The zero-order valence-electron chi connectivity index (χ0n) is 8.30. The number of hydrogen-bond acceptors (Lipinski definition) is 4. The van der Waals surface area contributed by atoms with E-state index in [1.165, 1.54) is 0 Å². The Bertz CT molecular complexity index is 297. The predicted octanol–water partition coefficient (Wildman–Crippen LogP) is 0.239. The molecule has 0 fully saturated rings. The van der Waals surface area contributed by atoms with Gasteiger partial charge < -0.3 is 14.9 Å². The van der Waals surface area contributed by atoms with Crippen molar-refractivity contribution in [1.29, 1.82) is 0 Å². The highest BCUT2D eigenvalue weighted by molar-refractivity contribution is 5.96. The lowest BCUT2D eigenvalue weighted by molar-refractivity contribution is 0.00896. The van der Waals surface area contributed by atoms with Crippen LogP contribution in [0, 0.1) is 0 Å². The van der Waals surface area contributed by atoms with Gasteiger partial charge in [-0.05, 0) is 0 Å². The molecule has 0 aliphatic rings. The maximum Gasteiger partial charge on any atom is 0.188 e. The molecule has 82 valence electrons. The smallest absolute Gasteiger partial charge is 0.188 e. The van der Waals surface area contributed by atoms with Crippen molar-refractivity contribution < 1.29 is 19.7 Å². The molecule has 1 aromatic carbocycles. The average Bonchev–Trinajstić information content (AvgIpc) is 2.29. The summed E-state index contributed by atoms with van der Waals surface area (Å²) in [6.07, 6.45) is -0.923. The molecule has 0 aliphatic heterocycles. The quantitative estimate of drug-likeness (QED) is 0.660. The monoisotopic (exact) mass is 210 g/mol. The second-order valence-corrected chi connectivity index (χ2v) is 3.14. The molecule has 0 saturated heterocycles. The number of rotatable bonds is 6. The normalized spacial score (nSPS) is 12.4. The van der Waals surface area contributed by atoms with Gasteiger partial charge in [-0.1, -0.05) is 30.3 Å². The number of carbonyl (C=O) groups is 1. The van der Waals surface area contributed by atoms with E-state index in [1.54, 1.807) is 24.3 Å². The molecule has 0 saturated carbocycles. The number of ketones is 1. The molecule has 0 radical (unpaired) electrons. The molecule has 0 amide bonds. The molecule has 0 aliphatic carbocycles. The highest BCUT2D eigenvalue weighted by Gasteiger charge is 2.07. The molecule has 1 rings (SSSR count). The maximum atomic E-state index is 11.4. The fourth-order valence-electron chi connectivity index (χ4n) is 1.05. The maximum absolute atomic E-state index is 11.4. The molecule has 4 heteroatoms. The Hall–Kier alpha value is -1.23. The second kappa shape index (κ2) is 6.29. The van der Waals surface area contributed by atoms with Crippen LogP contribution in [0.15, 0.2) is 30.3 Å². The fourth-order valence-corrected chi connectivity index (χ4v) is 1.05. The van der Waals surface area contributed by atoms with Gasteiger partial charge in [0, 0.05) is 5.56 Å². The molecule has 2 N–H and O–H groups in total. The van der Waals surface area contributed by atoms with Gasteiger partial charge in [0.15, 0.2) is 5.78 Å². The highest BCUT2D eigenvalue weighted by atomic mass is 16.5. The average molecular weight is 210 g/mol. The lowest BCUT2D eigenvalue weighted by atomic mass is 10.1. The summed E-state index contributed by atoms with van der Waals surface area (Å²) < 4.78 is 4.94. The topological polar surface area (TPSA) is 66.8 Å². The Morgan fingerprint density at radius 3 is 2.60 bits per heavy atom. The standard InChI is InChI=1S/C11H14O4/c12-6-10(13)7-15-8-11(14)9-4-2-1-3-5-9/h1-5,10,12-13H,6-8H2. The first-order chi connectivity index (χ1) is 7.24. The summed E-state index contributed by atoms with van der Waals surface area (Å²) in [6.45, 7) is -0.477. The van der Waals surface area contributed by atoms with Crippen LogP contribution >= 0.6 is 0 Å². The van der Waals surface area contributed by atoms with Crippen molar-refractivity contribution in [3.05, 3.63) is 35.9 Å². The lowest BCUT2D eigenvalue weighted by Gasteiger charge is -2.07. The largest absolute Gasteiger partial charge is 0.394 e. The SMILES string of the molecule is O=C(COCC(O)CO)c1ccccc1. The van der Waals surface area contributed by atoms with E-state index in [-0.39, 0.29) is 25.6 Å². The summed E-state index contributed by atoms with van der Waals surface area (Å²) in [5.41, 5.74) is 0.580. The van der Waals surface area contributed by atoms with E-state index in [2.05, 4.69) is 0 Å². The van der Waals surface area contributed by atoms with Crippen molar-refractivity contribution in [2.24, 2.45) is 0 Å². The van der Waals surface area contributed by atoms with E-state index in [0.717, 1.165) is 0 Å². The molecule has 15 heavy (non-hydrogen) atoms. The minimum atomic E-state index is -0.923. The summed E-state index contributed by atoms with van der Waals surface area (Å²) in [7, 11) is 0. The first kappa shape index (κ1) is 11.8. The van der Waals surface area contributed by atoms with Crippen LogP contribution in [-0.4, -0.2) is 41.9 Å². The summed E-state index contributed by atoms with van der Waals surface area (Å²) in [5, 5.41) is 17.5. The number of carbonyl (C=O) groups excluding carboxylic acids is 1. The minimum Gasteiger partial charge on any atom is -0.394 e. The van der Waals surface area contributed by atoms with Crippen LogP contribution in [0.5, 0.6) is 0 Å². The Balaban J connectivity index is 2.31. The number of benzene rings is 1. The van der Waals surface area contributed by atoms with Crippen molar-refractivity contribution in [1.82, 2.24) is 0 Å². The first-order valence-corrected chi connectivity index (χ1v) is 4.69. The molecule has 0 heterocycles. The van der Waals surface area contributed by atoms with Gasteiger partial charge in [-0.2, -0.15) is 0 Å². The molecule has 1 atom stereocenters. The van der Waals surface area contributed by atoms with E-state index >= 15 is 0 Å². The first-order valence-electron chi connectivity index (χ1n) is 4.69. The summed E-state index contributed by atoms with van der Waals surface area (Å²) in [6, 6.07) is 8.78. The van der Waals surface area contributed by atoms with Crippen molar-refractivity contribution in [3.8, 4) is 0 Å². The zero-order valence-corrected chi connectivity index (χ0v) is 8.30. The zero-order chi connectivity index (χ0) is 11.1. The van der Waals surface area contributed by atoms with Crippen LogP contribution in [0.2, 0.25) is 0 Å². The van der Waals surface area contributed by atoms with Gasteiger partial charge >= 0.3 is 0 Å². The third kappa shape index (κ3) is 4.20. The van der Waals surface area contributed by atoms with Crippen LogP contribution in [0.25, 0.3) is 0 Å². The van der Waals surface area contributed by atoms with Crippen molar-refractivity contribution in [2.45, 2.75) is 6.10 Å². The third-order valence-electron chi connectivity index (χ3n) is 1.85. The van der Waals surface area contributed by atoms with Crippen molar-refractivity contribution >= 4 is 5.78 Å². The minimum absolute atomic E-state index is 0.0327. The van der Waals surface area contributed by atoms with Crippen LogP contribution in [-0.2, 0) is 4.74 Å². The van der Waals surface area contributed by atoms with Gasteiger partial charge in [-0.25, -0.2) is 0 Å². The van der Waals surface area contributed by atoms with Gasteiger partial charge in [-0.3, -0.25) is 4.79 Å². The van der Waals surface area contributed by atoms with E-state index in [4.69, 9.17) is 14.9 Å². The predicted molar refractivity (Wildman–Crippen MR) is 54.7 cm³/mol. The second-order valence-electron chi connectivity index (χ2n) is 3.14. The van der Waals surface area contributed by atoms with Gasteiger partial charge in [-0.15, -0.1) is 0 Å². The molecule has 1 aromatic rings. The highest BCUT2D eigenvalue weighted by Crippen LogP contribution is 2.00. The number of aliphatic hydroxyl groups is 2. The Morgan fingerprint density at radius 2 is 2.00 bits per heavy atom. The van der Waals surface area contributed by atoms with Crippen molar-refractivity contribution in [2.75, 3.05) is 19.8 Å². The molecule has 0 spiro atoms. The van der Waals surface area contributed by atoms with Crippen LogP contribution in [0.4, 0.5) is 0 Å². The Kier molecular flexibility index (Phi) is 4.97. The van der Waals surface area contributed by atoms with Crippen LogP contribution < -0.4 is 0 Å². The van der Waals surface area contributed by atoms with Gasteiger partial charge in [0.05, 0.1) is 13.2 Å². The third-order valence-corrected chi connectivity index (χ3v) is 1.85. The number of aliphatic hydroxyl groups excluding tert-OH is 2. The molecular formula is C11H14O4. The molecule has 0 bridgehead atoms. The van der Waals surface area contributed by atoms with E-state index in [1.807, 2.05) is 6.07 Å². The van der Waals surface area contributed by atoms with Gasteiger partial charge in [0.2, 0.25) is 0 Å². The molecule has 0 aromatic heterocycles. The summed E-state index contributed by atoms with van der Waals surface area (Å²) >= 11 is 0. The number of ether oxygens (including phenoxy) is 1. The molecule has 1 unspecified atom stereocenters. The van der Waals surface area contributed by atoms with E-state index < -0.39 is 6.10 Å². The Morgan fingerprint density at radius 1 is 1.33 bits per heavy atom. The number of Topliss-reactive ketones (excluding diaryl/α,β-unsaturated/α-hetero) is 1. The van der Waals surface area contributed by atoms with Gasteiger partial charge in [0.1, 0.15) is 12.7 Å². The Labute approximate surface area is 88.1 Å². The van der Waals surface area contributed by atoms with Gasteiger partial charge in [0.25, 0.3) is 0 Å². The lowest BCUT2D eigenvalue weighted by Crippen LogP contribution is -2.21. The van der Waals surface area contributed by atoms with E-state index in [9.17, 15) is 4.79 Å². The summed E-state index contributed by atoms with van der Waals surface area (Å²) in [4.78, 5) is 11.4. The summed E-state index contributed by atoms with van der Waals surface area (Å²) in [5.74, 6) is -0.138. The molecular weight excluding hydrogens is 196 g/mol. The van der Waals surface area contributed by atoms with Crippen molar-refractivity contribution in [3.63, 3.8) is 0 Å². The van der Waals surface area contributed by atoms with E-state index in [0.29, 0.717) is 5.56 Å². The number of hydrogen-bond donors (Lipinski definition) is 2. The molecule has 4 nitrogen and oxygen atoms in total. The van der Waals surface area contributed by atoms with Crippen LogP contribution in [0.1, 0.15) is 10.4 Å². The fraction of sp³-hybridized carbons (Fsp3) is 0.364.